The zero-order valence-electron chi connectivity index (χ0n) is 18.5. The number of nitrogens with zero attached hydrogens (tertiary/aromatic N) is 1. The van der Waals surface area contributed by atoms with Gasteiger partial charge in [-0.3, -0.25) is 9.69 Å². The topological polar surface area (TPSA) is 60.0 Å². The van der Waals surface area contributed by atoms with Crippen LogP contribution in [-0.4, -0.2) is 62.4 Å². The van der Waals surface area contributed by atoms with Crippen LogP contribution in [0.25, 0.3) is 6.08 Å². The standard InChI is InChI=1S/C24H36N2O4/c1-3-29-21-10-8-20(18-22(21)30-4-2)9-11-23(27)25-19-24(12-6-5-7-13-24)26-14-16-28-17-15-26/h8-11,18H,3-7,12-17,19H2,1-2H3,(H,25,27)/b11-9+. The molecule has 1 heterocycles. The van der Waals surface area contributed by atoms with Crippen molar-refractivity contribution >= 4 is 12.0 Å². The van der Waals surface area contributed by atoms with Gasteiger partial charge in [0, 0.05) is 31.2 Å². The summed E-state index contributed by atoms with van der Waals surface area (Å²) in [5, 5.41) is 3.17. The third kappa shape index (κ3) is 5.99. The molecule has 1 amide bonds. The molecule has 1 saturated heterocycles. The van der Waals surface area contributed by atoms with Crippen LogP contribution in [-0.2, 0) is 9.53 Å². The first-order valence-corrected chi connectivity index (χ1v) is 11.4. The highest BCUT2D eigenvalue weighted by molar-refractivity contribution is 5.91. The van der Waals surface area contributed by atoms with E-state index in [4.69, 9.17) is 14.2 Å². The molecular weight excluding hydrogens is 380 g/mol. The molecule has 6 nitrogen and oxygen atoms in total. The van der Waals surface area contributed by atoms with Crippen LogP contribution in [0, 0.1) is 0 Å². The fraction of sp³-hybridized carbons (Fsp3) is 0.625. The first-order chi connectivity index (χ1) is 14.7. The highest BCUT2D eigenvalue weighted by Gasteiger charge is 2.38. The molecule has 1 N–H and O–H groups in total. The van der Waals surface area contributed by atoms with Crippen LogP contribution in [0.1, 0.15) is 51.5 Å². The fourth-order valence-electron chi connectivity index (χ4n) is 4.51. The zero-order chi connectivity index (χ0) is 21.2. The van der Waals surface area contributed by atoms with Gasteiger partial charge in [-0.05, 0) is 50.5 Å². The summed E-state index contributed by atoms with van der Waals surface area (Å²) in [6.07, 6.45) is 9.49. The lowest BCUT2D eigenvalue weighted by Gasteiger charge is -2.48. The molecule has 0 bridgehead atoms. The summed E-state index contributed by atoms with van der Waals surface area (Å²) in [4.78, 5) is 15.1. The van der Waals surface area contributed by atoms with E-state index in [0.717, 1.165) is 50.5 Å². The van der Waals surface area contributed by atoms with Crippen LogP contribution >= 0.6 is 0 Å². The van der Waals surface area contributed by atoms with Crippen molar-refractivity contribution < 1.29 is 19.0 Å². The quantitative estimate of drug-likeness (QED) is 0.623. The van der Waals surface area contributed by atoms with Gasteiger partial charge in [-0.25, -0.2) is 0 Å². The van der Waals surface area contributed by atoms with Gasteiger partial charge in [0.05, 0.1) is 26.4 Å². The predicted octanol–water partition coefficient (Wildman–Crippen LogP) is 3.65. The third-order valence-electron chi connectivity index (χ3n) is 6.05. The Kier molecular flexibility index (Phi) is 8.58. The Morgan fingerprint density at radius 1 is 1.10 bits per heavy atom. The maximum atomic E-state index is 12.6. The van der Waals surface area contributed by atoms with Gasteiger partial charge >= 0.3 is 0 Å². The van der Waals surface area contributed by atoms with Crippen molar-refractivity contribution in [2.75, 3.05) is 46.1 Å². The van der Waals surface area contributed by atoms with Crippen molar-refractivity contribution in [3.05, 3.63) is 29.8 Å². The van der Waals surface area contributed by atoms with E-state index in [1.807, 2.05) is 38.1 Å². The van der Waals surface area contributed by atoms with Crippen molar-refractivity contribution in [2.24, 2.45) is 0 Å². The lowest BCUT2D eigenvalue weighted by Crippen LogP contribution is -2.59. The third-order valence-corrected chi connectivity index (χ3v) is 6.05. The number of nitrogens with one attached hydrogen (secondary N) is 1. The number of benzene rings is 1. The van der Waals surface area contributed by atoms with E-state index < -0.39 is 0 Å². The summed E-state index contributed by atoms with van der Waals surface area (Å²) in [7, 11) is 0. The summed E-state index contributed by atoms with van der Waals surface area (Å²) in [5.41, 5.74) is 0.991. The van der Waals surface area contributed by atoms with Gasteiger partial charge in [0.1, 0.15) is 0 Å². The van der Waals surface area contributed by atoms with E-state index in [0.29, 0.717) is 25.5 Å². The van der Waals surface area contributed by atoms with E-state index in [9.17, 15) is 4.79 Å². The first-order valence-electron chi connectivity index (χ1n) is 11.4. The molecule has 166 valence electrons. The Labute approximate surface area is 180 Å². The summed E-state index contributed by atoms with van der Waals surface area (Å²) in [6.45, 7) is 9.23. The molecule has 1 aliphatic carbocycles. The average molecular weight is 417 g/mol. The van der Waals surface area contributed by atoms with Crippen molar-refractivity contribution in [3.63, 3.8) is 0 Å². The van der Waals surface area contributed by atoms with Gasteiger partial charge in [-0.1, -0.05) is 25.3 Å². The van der Waals surface area contributed by atoms with Crippen LogP contribution in [0.5, 0.6) is 11.5 Å². The second-order valence-electron chi connectivity index (χ2n) is 8.01. The number of rotatable bonds is 9. The highest BCUT2D eigenvalue weighted by atomic mass is 16.5. The average Bonchev–Trinajstić information content (AvgIpc) is 2.79. The number of amides is 1. The first kappa shape index (κ1) is 22.6. The molecule has 0 atom stereocenters. The molecule has 1 aromatic carbocycles. The van der Waals surface area contributed by atoms with Gasteiger partial charge in [0.2, 0.25) is 5.91 Å². The molecule has 1 saturated carbocycles. The highest BCUT2D eigenvalue weighted by Crippen LogP contribution is 2.34. The Bertz CT molecular complexity index is 707. The van der Waals surface area contributed by atoms with Crippen molar-refractivity contribution in [1.29, 1.82) is 0 Å². The minimum atomic E-state index is -0.0555. The SMILES string of the molecule is CCOc1ccc(/C=C/C(=O)NCC2(N3CCOCC3)CCCCC2)cc1OCC. The lowest BCUT2D eigenvalue weighted by molar-refractivity contribution is -0.117. The number of hydrogen-bond donors (Lipinski definition) is 1. The molecule has 2 aliphatic rings. The minimum absolute atomic E-state index is 0.0555. The second kappa shape index (κ2) is 11.4. The molecule has 6 heteroatoms. The van der Waals surface area contributed by atoms with Crippen LogP contribution in [0.2, 0.25) is 0 Å². The summed E-state index contributed by atoms with van der Waals surface area (Å²) >= 11 is 0. The van der Waals surface area contributed by atoms with Gasteiger partial charge < -0.3 is 19.5 Å². The van der Waals surface area contributed by atoms with E-state index in [1.165, 1.54) is 19.3 Å². The molecular formula is C24H36N2O4. The maximum absolute atomic E-state index is 12.6. The molecule has 1 aromatic rings. The molecule has 1 aliphatic heterocycles. The van der Waals surface area contributed by atoms with E-state index >= 15 is 0 Å². The largest absolute Gasteiger partial charge is 0.490 e. The Morgan fingerprint density at radius 3 is 2.50 bits per heavy atom. The Morgan fingerprint density at radius 2 is 1.80 bits per heavy atom. The fourth-order valence-corrected chi connectivity index (χ4v) is 4.51. The summed E-state index contributed by atoms with van der Waals surface area (Å²) < 4.78 is 16.8. The molecule has 0 aromatic heterocycles. The minimum Gasteiger partial charge on any atom is -0.490 e. The van der Waals surface area contributed by atoms with Gasteiger partial charge in [-0.2, -0.15) is 0 Å². The van der Waals surface area contributed by atoms with E-state index in [1.54, 1.807) is 6.08 Å². The maximum Gasteiger partial charge on any atom is 0.244 e. The number of morpholine rings is 1. The van der Waals surface area contributed by atoms with Gasteiger partial charge in [0.15, 0.2) is 11.5 Å². The number of carbonyl (C=O) groups is 1. The molecule has 3 rings (SSSR count). The van der Waals surface area contributed by atoms with Crippen molar-refractivity contribution in [2.45, 2.75) is 51.5 Å². The Hall–Kier alpha value is -2.05. The van der Waals surface area contributed by atoms with Crippen LogP contribution in [0.4, 0.5) is 0 Å². The molecule has 0 radical (unpaired) electrons. The van der Waals surface area contributed by atoms with E-state index in [-0.39, 0.29) is 11.4 Å². The summed E-state index contributed by atoms with van der Waals surface area (Å²) in [6, 6.07) is 5.74. The van der Waals surface area contributed by atoms with Crippen molar-refractivity contribution in [3.8, 4) is 11.5 Å². The van der Waals surface area contributed by atoms with E-state index in [2.05, 4.69) is 10.2 Å². The monoisotopic (exact) mass is 416 g/mol. The van der Waals surface area contributed by atoms with Crippen molar-refractivity contribution in [1.82, 2.24) is 10.2 Å². The van der Waals surface area contributed by atoms with Crippen LogP contribution < -0.4 is 14.8 Å². The van der Waals surface area contributed by atoms with Gasteiger partial charge in [-0.15, -0.1) is 0 Å². The zero-order valence-corrected chi connectivity index (χ0v) is 18.5. The number of carbonyl (C=O) groups excluding carboxylic acids is 1. The smallest absolute Gasteiger partial charge is 0.244 e. The Balaban J connectivity index is 1.61. The second-order valence-corrected chi connectivity index (χ2v) is 8.01. The molecule has 0 spiro atoms. The normalized spacial score (nSPS) is 19.5. The number of hydrogen-bond acceptors (Lipinski definition) is 5. The van der Waals surface area contributed by atoms with Crippen LogP contribution in [0.15, 0.2) is 24.3 Å². The molecule has 0 unspecified atom stereocenters. The molecule has 30 heavy (non-hydrogen) atoms. The lowest BCUT2D eigenvalue weighted by atomic mass is 9.79. The van der Waals surface area contributed by atoms with Gasteiger partial charge in [0.25, 0.3) is 0 Å². The molecule has 2 fully saturated rings. The number of ether oxygens (including phenoxy) is 3. The van der Waals surface area contributed by atoms with Crippen LogP contribution in [0.3, 0.4) is 0 Å². The predicted molar refractivity (Wildman–Crippen MR) is 119 cm³/mol. The summed E-state index contributed by atoms with van der Waals surface area (Å²) in [5.74, 6) is 1.38.